The molecule has 1 aliphatic heterocycles. The number of carbonyl (C=O) groups is 3. The topological polar surface area (TPSA) is 107 Å². The second-order valence-corrected chi connectivity index (χ2v) is 11.8. The molecule has 0 atom stereocenters. The summed E-state index contributed by atoms with van der Waals surface area (Å²) >= 11 is 0. The van der Waals surface area contributed by atoms with Crippen molar-refractivity contribution < 1.29 is 23.9 Å². The number of amides is 3. The number of hydrogen-bond donors (Lipinski definition) is 2. The van der Waals surface area contributed by atoms with Gasteiger partial charge in [-0.15, -0.1) is 12.4 Å². The van der Waals surface area contributed by atoms with Gasteiger partial charge in [0.25, 0.3) is 11.8 Å². The summed E-state index contributed by atoms with van der Waals surface area (Å²) in [5, 5.41) is 3.85. The summed E-state index contributed by atoms with van der Waals surface area (Å²) in [6.45, 7) is 5.94. The first-order chi connectivity index (χ1) is 22.2. The lowest BCUT2D eigenvalue weighted by Gasteiger charge is -2.32. The number of methoxy groups -OCH3 is 1. The predicted molar refractivity (Wildman–Crippen MR) is 188 cm³/mol. The highest BCUT2D eigenvalue weighted by molar-refractivity contribution is 6.13. The second kappa shape index (κ2) is 16.3. The molecule has 2 N–H and O–H groups in total. The average Bonchev–Trinajstić information content (AvgIpc) is 3.55. The van der Waals surface area contributed by atoms with Crippen LogP contribution in [0.1, 0.15) is 52.0 Å². The molecule has 1 fully saturated rings. The van der Waals surface area contributed by atoms with E-state index in [4.69, 9.17) is 9.47 Å². The number of aromatic nitrogens is 1. The van der Waals surface area contributed by atoms with Crippen LogP contribution in [0.5, 0.6) is 11.5 Å². The lowest BCUT2D eigenvalue weighted by molar-refractivity contribution is -0.132. The summed E-state index contributed by atoms with van der Waals surface area (Å²) in [5.74, 6) is 0.696. The summed E-state index contributed by atoms with van der Waals surface area (Å²) in [4.78, 5) is 48.1. The number of piperazine rings is 1. The van der Waals surface area contributed by atoms with Crippen molar-refractivity contribution in [3.05, 3.63) is 83.6 Å². The number of benzene rings is 3. The first-order valence-electron chi connectivity index (χ1n) is 15.8. The molecule has 0 bridgehead atoms. The van der Waals surface area contributed by atoms with E-state index in [0.717, 1.165) is 61.9 Å². The second-order valence-electron chi connectivity index (χ2n) is 11.8. The molecule has 0 spiro atoms. The van der Waals surface area contributed by atoms with Gasteiger partial charge in [0.15, 0.2) is 0 Å². The lowest BCUT2D eigenvalue weighted by atomic mass is 10.1. The Hall–Kier alpha value is -4.54. The Kier molecular flexibility index (Phi) is 12.3. The van der Waals surface area contributed by atoms with Gasteiger partial charge in [-0.2, -0.15) is 0 Å². The molecule has 3 aromatic carbocycles. The fourth-order valence-corrected chi connectivity index (χ4v) is 5.66. The van der Waals surface area contributed by atoms with Crippen molar-refractivity contribution >= 4 is 52.4 Å². The van der Waals surface area contributed by atoms with Crippen LogP contribution in [0.3, 0.4) is 0 Å². The van der Waals surface area contributed by atoms with E-state index in [9.17, 15) is 14.4 Å². The molecule has 1 saturated heterocycles. The zero-order chi connectivity index (χ0) is 32.6. The predicted octanol–water partition coefficient (Wildman–Crippen LogP) is 6.15. The Morgan fingerprint density at radius 2 is 1.72 bits per heavy atom. The number of fused-ring (bicyclic) bond motifs is 1. The van der Waals surface area contributed by atoms with Crippen LogP contribution in [-0.2, 0) is 4.79 Å². The summed E-state index contributed by atoms with van der Waals surface area (Å²) in [5.41, 5.74) is 3.79. The molecule has 0 aliphatic carbocycles. The van der Waals surface area contributed by atoms with Gasteiger partial charge in [0.2, 0.25) is 5.91 Å². The maximum absolute atomic E-state index is 13.6. The number of hydrogen-bond acceptors (Lipinski definition) is 6. The number of unbranched alkanes of at least 4 members (excludes halogenated alkanes) is 2. The summed E-state index contributed by atoms with van der Waals surface area (Å²) in [7, 11) is 5.30. The third kappa shape index (κ3) is 8.64. The smallest absolute Gasteiger partial charge is 0.258 e. The van der Waals surface area contributed by atoms with Gasteiger partial charge in [0.05, 0.1) is 36.2 Å². The van der Waals surface area contributed by atoms with Crippen molar-refractivity contribution in [1.29, 1.82) is 0 Å². The van der Waals surface area contributed by atoms with Crippen LogP contribution in [0.4, 0.5) is 11.4 Å². The first kappa shape index (κ1) is 35.3. The summed E-state index contributed by atoms with van der Waals surface area (Å²) in [6.07, 6.45) is 4.88. The zero-order valence-electron chi connectivity index (χ0n) is 27.5. The average molecular weight is 662 g/mol. The number of halogens is 1. The van der Waals surface area contributed by atoms with Gasteiger partial charge in [-0.1, -0.05) is 18.2 Å². The van der Waals surface area contributed by atoms with Crippen molar-refractivity contribution in [2.24, 2.45) is 0 Å². The minimum absolute atomic E-state index is 0. The maximum Gasteiger partial charge on any atom is 0.258 e. The van der Waals surface area contributed by atoms with Gasteiger partial charge in [0.1, 0.15) is 11.5 Å². The Labute approximate surface area is 282 Å². The quantitative estimate of drug-likeness (QED) is 0.177. The van der Waals surface area contributed by atoms with Gasteiger partial charge in [-0.3, -0.25) is 14.4 Å². The van der Waals surface area contributed by atoms with Crippen LogP contribution in [-0.4, -0.2) is 86.5 Å². The van der Waals surface area contributed by atoms with E-state index >= 15 is 0 Å². The van der Waals surface area contributed by atoms with Gasteiger partial charge in [-0.25, -0.2) is 0 Å². The van der Waals surface area contributed by atoms with Crippen molar-refractivity contribution in [2.45, 2.75) is 32.6 Å². The van der Waals surface area contributed by atoms with Gasteiger partial charge >= 0.3 is 0 Å². The molecule has 1 aliphatic rings. The standard InChI is InChI=1S/C36H43N5O5.ClH/c1-25-12-15-30(32(23-25)46-22-7-5-6-11-33(42)41-20-18-39(2)19-21-41)40(3)36(44)27-13-14-29(31(24-27)45-4)38-35(43)28-10-8-9-26-16-17-37-34(26)28;/h8-10,12-17,23-24,37H,5-7,11,18-22H2,1-4H3,(H,38,43);1H. The fourth-order valence-electron chi connectivity index (χ4n) is 5.66. The Morgan fingerprint density at radius 3 is 2.49 bits per heavy atom. The number of H-pyrrole nitrogens is 1. The van der Waals surface area contributed by atoms with E-state index in [0.29, 0.717) is 47.0 Å². The van der Waals surface area contributed by atoms with Crippen molar-refractivity contribution in [2.75, 3.05) is 64.2 Å². The summed E-state index contributed by atoms with van der Waals surface area (Å²) < 4.78 is 11.7. The molecule has 3 amide bonds. The maximum atomic E-state index is 13.6. The number of aryl methyl sites for hydroxylation is 1. The molecular weight excluding hydrogens is 618 g/mol. The molecule has 1 aromatic heterocycles. The number of likely N-dealkylation sites (N-methyl/N-ethyl adjacent to an activating group) is 1. The highest BCUT2D eigenvalue weighted by Gasteiger charge is 2.21. The Morgan fingerprint density at radius 1 is 0.936 bits per heavy atom. The van der Waals surface area contributed by atoms with Crippen LogP contribution < -0.4 is 19.7 Å². The van der Waals surface area contributed by atoms with E-state index < -0.39 is 0 Å². The molecule has 4 aromatic rings. The number of ether oxygens (including phenoxy) is 2. The zero-order valence-corrected chi connectivity index (χ0v) is 28.3. The highest BCUT2D eigenvalue weighted by atomic mass is 35.5. The number of aromatic amines is 1. The van der Waals surface area contributed by atoms with Gasteiger partial charge in [0, 0.05) is 56.8 Å². The molecule has 11 heteroatoms. The van der Waals surface area contributed by atoms with Crippen LogP contribution in [0.15, 0.2) is 66.9 Å². The number of para-hydroxylation sites is 1. The fraction of sp³-hybridized carbons (Fsp3) is 0.361. The molecule has 250 valence electrons. The molecule has 0 saturated carbocycles. The van der Waals surface area contributed by atoms with Crippen LogP contribution in [0.2, 0.25) is 0 Å². The molecule has 5 rings (SSSR count). The first-order valence-corrected chi connectivity index (χ1v) is 15.8. The molecular formula is C36H44ClN5O5. The van der Waals surface area contributed by atoms with E-state index in [1.165, 1.54) is 7.11 Å². The normalized spacial score (nSPS) is 13.1. The molecule has 47 heavy (non-hydrogen) atoms. The molecule has 0 radical (unpaired) electrons. The number of carbonyl (C=O) groups excluding carboxylic acids is 3. The van der Waals surface area contributed by atoms with Crippen LogP contribution >= 0.6 is 12.4 Å². The minimum Gasteiger partial charge on any atom is -0.495 e. The highest BCUT2D eigenvalue weighted by Crippen LogP contribution is 2.32. The van der Waals surface area contributed by atoms with Crippen LogP contribution in [0, 0.1) is 6.92 Å². The van der Waals surface area contributed by atoms with Crippen LogP contribution in [0.25, 0.3) is 10.9 Å². The van der Waals surface area contributed by atoms with Crippen molar-refractivity contribution in [3.63, 3.8) is 0 Å². The molecule has 2 heterocycles. The van der Waals surface area contributed by atoms with E-state index in [1.54, 1.807) is 42.4 Å². The third-order valence-electron chi connectivity index (χ3n) is 8.46. The van der Waals surface area contributed by atoms with Gasteiger partial charge in [-0.05, 0) is 81.3 Å². The Bertz CT molecular complexity index is 1700. The van der Waals surface area contributed by atoms with E-state index in [1.807, 2.05) is 48.2 Å². The molecule has 0 unspecified atom stereocenters. The monoisotopic (exact) mass is 661 g/mol. The number of nitrogens with zero attached hydrogens (tertiary/aromatic N) is 3. The lowest BCUT2D eigenvalue weighted by Crippen LogP contribution is -2.47. The van der Waals surface area contributed by atoms with E-state index in [-0.39, 0.29) is 30.1 Å². The number of nitrogens with one attached hydrogen (secondary N) is 2. The van der Waals surface area contributed by atoms with Gasteiger partial charge < -0.3 is 34.5 Å². The number of rotatable bonds is 12. The number of anilines is 2. The van der Waals surface area contributed by atoms with Crippen molar-refractivity contribution in [3.8, 4) is 11.5 Å². The summed E-state index contributed by atoms with van der Waals surface area (Å²) in [6, 6.07) is 18.2. The minimum atomic E-state index is -0.286. The van der Waals surface area contributed by atoms with Crippen molar-refractivity contribution in [1.82, 2.24) is 14.8 Å². The third-order valence-corrected chi connectivity index (χ3v) is 8.46. The SMILES string of the molecule is COc1cc(C(=O)N(C)c2ccc(C)cc2OCCCCCC(=O)N2CCN(C)CC2)ccc1NC(=O)c1cccc2cc[nH]c12.Cl. The largest absolute Gasteiger partial charge is 0.495 e. The van der Waals surface area contributed by atoms with E-state index in [2.05, 4.69) is 22.2 Å². The molecule has 10 nitrogen and oxygen atoms in total. The Balaban J connectivity index is 0.00000500.